The van der Waals surface area contributed by atoms with Gasteiger partial charge < -0.3 is 5.32 Å². The normalized spacial score (nSPS) is 15.1. The molecular weight excluding hydrogens is 343 g/mol. The number of nitrogens with zero attached hydrogens (tertiary/aromatic N) is 1. The fourth-order valence-electron chi connectivity index (χ4n) is 2.21. The Morgan fingerprint density at radius 2 is 2.16 bits per heavy atom. The zero-order valence-corrected chi connectivity index (χ0v) is 14.5. The average molecular weight is 361 g/mol. The molecule has 0 atom stereocenters. The molecule has 0 radical (unpaired) electrons. The first-order valence-corrected chi connectivity index (χ1v) is 8.13. The van der Waals surface area contributed by atoms with Gasteiger partial charge in [-0.3, -0.25) is 14.6 Å². The molecule has 0 fully saturated rings. The predicted molar refractivity (Wildman–Crippen MR) is 98.8 cm³/mol. The number of hydrogen-bond donors (Lipinski definition) is 1. The molecule has 25 heavy (non-hydrogen) atoms. The van der Waals surface area contributed by atoms with Gasteiger partial charge in [0.25, 0.3) is 0 Å². The van der Waals surface area contributed by atoms with E-state index in [-0.39, 0.29) is 35.0 Å². The second-order valence-corrected chi connectivity index (χ2v) is 5.98. The summed E-state index contributed by atoms with van der Waals surface area (Å²) in [4.78, 5) is 27.0. The van der Waals surface area contributed by atoms with Gasteiger partial charge in [-0.25, -0.2) is 4.39 Å². The summed E-state index contributed by atoms with van der Waals surface area (Å²) >= 11 is 6.04. The lowest BCUT2D eigenvalue weighted by Crippen LogP contribution is -2.15. The van der Waals surface area contributed by atoms with Crippen LogP contribution in [0.25, 0.3) is 0 Å². The molecule has 0 aliphatic heterocycles. The smallest absolute Gasteiger partial charge is 0.246 e. The van der Waals surface area contributed by atoms with Crippen molar-refractivity contribution in [3.05, 3.63) is 64.5 Å². The Balaban J connectivity index is 1.94. The van der Waals surface area contributed by atoms with E-state index in [4.69, 9.17) is 11.6 Å². The van der Waals surface area contributed by atoms with Crippen LogP contribution in [0, 0.1) is 5.82 Å². The number of benzene rings is 1. The number of Topliss-reactive ketones (excluding diaryl/α,β-unsaturated/α-hetero) is 1. The van der Waals surface area contributed by atoms with Crippen molar-refractivity contribution in [2.45, 2.75) is 19.8 Å². The van der Waals surface area contributed by atoms with Crippen molar-refractivity contribution < 1.29 is 14.0 Å². The van der Waals surface area contributed by atoms with Crippen molar-refractivity contribution >= 4 is 35.2 Å². The van der Waals surface area contributed by atoms with Crippen molar-refractivity contribution in [2.24, 2.45) is 4.99 Å². The van der Waals surface area contributed by atoms with Gasteiger partial charge in [0.2, 0.25) is 5.91 Å². The van der Waals surface area contributed by atoms with Crippen molar-refractivity contribution in [3.8, 4) is 0 Å². The van der Waals surface area contributed by atoms with Crippen LogP contribution in [0.4, 0.5) is 10.1 Å². The average Bonchev–Trinajstić information content (AvgIpc) is 2.57. The number of hydrogen-bond acceptors (Lipinski definition) is 3. The Kier molecular flexibility index (Phi) is 6.83. The lowest BCUT2D eigenvalue weighted by atomic mass is 10.1. The first-order valence-electron chi connectivity index (χ1n) is 7.75. The van der Waals surface area contributed by atoms with E-state index < -0.39 is 11.7 Å². The molecule has 0 bridgehead atoms. The SMILES string of the molecule is CC(=O)Cc1cc(Cl)c(NC(=O)CN=C/C=C2/C=CC=CC2)cc1F. The highest BCUT2D eigenvalue weighted by molar-refractivity contribution is 6.33. The van der Waals surface area contributed by atoms with Crippen LogP contribution in [0.1, 0.15) is 18.9 Å². The fraction of sp³-hybridized carbons (Fsp3) is 0.211. The second kappa shape index (κ2) is 9.08. The molecule has 1 aliphatic carbocycles. The maximum Gasteiger partial charge on any atom is 0.246 e. The van der Waals surface area contributed by atoms with Gasteiger partial charge in [-0.1, -0.05) is 35.9 Å². The lowest BCUT2D eigenvalue weighted by molar-refractivity contribution is -0.116. The summed E-state index contributed by atoms with van der Waals surface area (Å²) in [6, 6.07) is 2.47. The number of halogens is 2. The Hall–Kier alpha value is -2.53. The van der Waals surface area contributed by atoms with Gasteiger partial charge in [0.15, 0.2) is 0 Å². The van der Waals surface area contributed by atoms with Gasteiger partial charge in [-0.2, -0.15) is 0 Å². The topological polar surface area (TPSA) is 58.5 Å². The van der Waals surface area contributed by atoms with E-state index >= 15 is 0 Å². The van der Waals surface area contributed by atoms with Crippen LogP contribution in [0.3, 0.4) is 0 Å². The van der Waals surface area contributed by atoms with Crippen LogP contribution in [-0.2, 0) is 16.0 Å². The van der Waals surface area contributed by atoms with Crippen LogP contribution in [0.5, 0.6) is 0 Å². The Labute approximate surface area is 150 Å². The number of allylic oxidation sites excluding steroid dienone is 6. The zero-order valence-electron chi connectivity index (χ0n) is 13.8. The third kappa shape index (κ3) is 6.12. The minimum absolute atomic E-state index is 0.0393. The molecule has 1 aromatic rings. The predicted octanol–water partition coefficient (Wildman–Crippen LogP) is 4.06. The van der Waals surface area contributed by atoms with Crippen LogP contribution in [-0.4, -0.2) is 24.4 Å². The monoisotopic (exact) mass is 360 g/mol. The molecule has 1 N–H and O–H groups in total. The maximum absolute atomic E-state index is 13.9. The van der Waals surface area contributed by atoms with E-state index in [2.05, 4.69) is 10.3 Å². The Bertz CT molecular complexity index is 795. The van der Waals surface area contributed by atoms with Crippen molar-refractivity contribution in [2.75, 3.05) is 11.9 Å². The van der Waals surface area contributed by atoms with E-state index in [1.165, 1.54) is 13.0 Å². The molecule has 0 aromatic heterocycles. The first kappa shape index (κ1) is 18.8. The molecule has 6 heteroatoms. The lowest BCUT2D eigenvalue weighted by Gasteiger charge is -2.09. The second-order valence-electron chi connectivity index (χ2n) is 5.57. The molecule has 2 rings (SSSR count). The Morgan fingerprint density at radius 3 is 2.84 bits per heavy atom. The zero-order chi connectivity index (χ0) is 18.2. The van der Waals surface area contributed by atoms with Gasteiger partial charge >= 0.3 is 0 Å². The molecule has 4 nitrogen and oxygen atoms in total. The van der Waals surface area contributed by atoms with E-state index in [1.807, 2.05) is 30.4 Å². The van der Waals surface area contributed by atoms with Crippen LogP contribution in [0.15, 0.2) is 53.1 Å². The summed E-state index contributed by atoms with van der Waals surface area (Å²) in [5.41, 5.74) is 1.46. The summed E-state index contributed by atoms with van der Waals surface area (Å²) in [7, 11) is 0. The first-order chi connectivity index (χ1) is 12.0. The molecule has 0 saturated carbocycles. The van der Waals surface area contributed by atoms with Gasteiger partial charge in [0.1, 0.15) is 18.1 Å². The third-order valence-corrected chi connectivity index (χ3v) is 3.70. The maximum atomic E-state index is 13.9. The Morgan fingerprint density at radius 1 is 1.36 bits per heavy atom. The summed E-state index contributed by atoms with van der Waals surface area (Å²) in [6.07, 6.45) is 12.1. The van der Waals surface area contributed by atoms with Gasteiger partial charge in [0, 0.05) is 12.6 Å². The fourth-order valence-corrected chi connectivity index (χ4v) is 2.45. The summed E-state index contributed by atoms with van der Waals surface area (Å²) in [5, 5.41) is 2.69. The van der Waals surface area contributed by atoms with E-state index in [0.717, 1.165) is 18.1 Å². The highest BCUT2D eigenvalue weighted by Gasteiger charge is 2.12. The molecule has 0 unspecified atom stereocenters. The van der Waals surface area contributed by atoms with Crippen molar-refractivity contribution in [1.29, 1.82) is 0 Å². The minimum Gasteiger partial charge on any atom is -0.323 e. The van der Waals surface area contributed by atoms with Crippen LogP contribution >= 0.6 is 11.6 Å². The van der Waals surface area contributed by atoms with Gasteiger partial charge in [-0.05, 0) is 42.7 Å². The highest BCUT2D eigenvalue weighted by Crippen LogP contribution is 2.26. The number of ketones is 1. The molecule has 1 amide bonds. The van der Waals surface area contributed by atoms with E-state index in [0.29, 0.717) is 0 Å². The quantitative estimate of drug-likeness (QED) is 0.777. The number of rotatable bonds is 6. The summed E-state index contributed by atoms with van der Waals surface area (Å²) < 4.78 is 13.9. The molecule has 0 spiro atoms. The van der Waals surface area contributed by atoms with Crippen LogP contribution < -0.4 is 5.32 Å². The molecule has 0 heterocycles. The van der Waals surface area contributed by atoms with E-state index in [1.54, 1.807) is 6.21 Å². The molecule has 1 aliphatic rings. The number of carbonyl (C=O) groups is 2. The molecular formula is C19H18ClFN2O2. The molecule has 0 saturated heterocycles. The number of aliphatic imine (C=N–C) groups is 1. The minimum atomic E-state index is -0.583. The summed E-state index contributed by atoms with van der Waals surface area (Å²) in [5.74, 6) is -1.16. The number of anilines is 1. The van der Waals surface area contributed by atoms with Gasteiger partial charge in [0.05, 0.1) is 10.7 Å². The summed E-state index contributed by atoms with van der Waals surface area (Å²) in [6.45, 7) is 1.27. The largest absolute Gasteiger partial charge is 0.323 e. The standard InChI is InChI=1S/C19H18ClFN2O2/c1-13(24)9-15-10-16(20)18(11-17(15)21)23-19(25)12-22-8-7-14-5-3-2-4-6-14/h2-5,7-8,10-11H,6,9,12H2,1H3,(H,23,25)/b14-7-,22-8?. The molecule has 130 valence electrons. The van der Waals surface area contributed by atoms with E-state index in [9.17, 15) is 14.0 Å². The highest BCUT2D eigenvalue weighted by atomic mass is 35.5. The third-order valence-electron chi connectivity index (χ3n) is 3.39. The van der Waals surface area contributed by atoms with Crippen molar-refractivity contribution in [1.82, 2.24) is 0 Å². The van der Waals surface area contributed by atoms with Gasteiger partial charge in [-0.15, -0.1) is 0 Å². The molecule has 1 aromatic carbocycles. The van der Waals surface area contributed by atoms with Crippen LogP contribution in [0.2, 0.25) is 5.02 Å². The number of carbonyl (C=O) groups excluding carboxylic acids is 2. The number of nitrogens with one attached hydrogen (secondary N) is 1. The number of amides is 1. The van der Waals surface area contributed by atoms with Crippen molar-refractivity contribution in [3.63, 3.8) is 0 Å².